The van der Waals surface area contributed by atoms with E-state index in [0.717, 1.165) is 12.3 Å². The highest BCUT2D eigenvalue weighted by molar-refractivity contribution is 5.85. The van der Waals surface area contributed by atoms with Gasteiger partial charge in [0.05, 0.1) is 16.8 Å². The number of aromatic amines is 1. The summed E-state index contributed by atoms with van der Waals surface area (Å²) in [6.45, 7) is 0.0682. The molecule has 12 heteroatoms. The van der Waals surface area contributed by atoms with E-state index in [1.54, 1.807) is 0 Å². The van der Waals surface area contributed by atoms with Gasteiger partial charge in [0, 0.05) is 30.1 Å². The first kappa shape index (κ1) is 21.4. The number of rotatable bonds is 5. The predicted octanol–water partition coefficient (Wildman–Crippen LogP) is 4.22. The van der Waals surface area contributed by atoms with Gasteiger partial charge in [-0.3, -0.25) is 10.1 Å². The average molecular weight is 432 g/mol. The molecule has 0 aliphatic rings. The van der Waals surface area contributed by atoms with Gasteiger partial charge in [0.2, 0.25) is 0 Å². The smallest absolute Gasteiger partial charge is 0.435 e. The Kier molecular flexibility index (Phi) is 5.61. The summed E-state index contributed by atoms with van der Waals surface area (Å²) in [5.74, 6) is -0.624. The summed E-state index contributed by atoms with van der Waals surface area (Å²) >= 11 is 0. The zero-order chi connectivity index (χ0) is 22.1. The fraction of sp³-hybridized carbons (Fsp3) is 0.222. The van der Waals surface area contributed by atoms with Crippen molar-refractivity contribution in [2.75, 3.05) is 13.2 Å². The molecule has 6 nitrogen and oxygen atoms in total. The first-order valence-corrected chi connectivity index (χ1v) is 8.36. The summed E-state index contributed by atoms with van der Waals surface area (Å²) < 4.78 is 83.1. The Balaban J connectivity index is 2.17. The maximum Gasteiger partial charge on any atom is 0.435 e. The second kappa shape index (κ2) is 7.86. The van der Waals surface area contributed by atoms with E-state index in [1.165, 1.54) is 12.1 Å². The van der Waals surface area contributed by atoms with Crippen LogP contribution < -0.4 is 10.5 Å². The van der Waals surface area contributed by atoms with Crippen molar-refractivity contribution in [2.45, 2.75) is 12.4 Å². The molecule has 160 valence electrons. The third-order valence-corrected chi connectivity index (χ3v) is 4.03. The number of nitrogens with one attached hydrogen (secondary N) is 1. The molecule has 4 N–H and O–H groups in total. The summed E-state index contributed by atoms with van der Waals surface area (Å²) in [5.41, 5.74) is 2.45. The molecule has 2 aromatic heterocycles. The van der Waals surface area contributed by atoms with Gasteiger partial charge in [0.1, 0.15) is 18.1 Å². The molecule has 0 aliphatic heterocycles. The zero-order valence-corrected chi connectivity index (χ0v) is 15.0. The van der Waals surface area contributed by atoms with Gasteiger partial charge in [-0.05, 0) is 24.3 Å². The molecule has 0 radical (unpaired) electrons. The van der Waals surface area contributed by atoms with Crippen LogP contribution in [0.15, 0.2) is 36.7 Å². The van der Waals surface area contributed by atoms with Crippen LogP contribution in [0, 0.1) is 0 Å². The van der Waals surface area contributed by atoms with E-state index in [0.29, 0.717) is 12.3 Å². The van der Waals surface area contributed by atoms with Crippen LogP contribution in [0.2, 0.25) is 0 Å². The Morgan fingerprint density at radius 3 is 2.37 bits per heavy atom. The van der Waals surface area contributed by atoms with E-state index in [-0.39, 0.29) is 41.3 Å². The summed E-state index contributed by atoms with van der Waals surface area (Å²) in [4.78, 5) is 3.55. The highest BCUT2D eigenvalue weighted by atomic mass is 19.4. The third-order valence-electron chi connectivity index (χ3n) is 4.03. The normalized spacial score (nSPS) is 12.2. The van der Waals surface area contributed by atoms with Crippen molar-refractivity contribution in [3.05, 3.63) is 47.9 Å². The monoisotopic (exact) mass is 432 g/mol. The molecule has 0 spiro atoms. The number of H-pyrrole nitrogens is 1. The molecule has 0 saturated carbocycles. The fourth-order valence-electron chi connectivity index (χ4n) is 2.69. The van der Waals surface area contributed by atoms with Gasteiger partial charge in [-0.15, -0.1) is 0 Å². The van der Waals surface area contributed by atoms with Crippen molar-refractivity contribution >= 4 is 0 Å². The van der Waals surface area contributed by atoms with Gasteiger partial charge in [-0.2, -0.15) is 31.4 Å². The second-order valence-electron chi connectivity index (χ2n) is 6.10. The van der Waals surface area contributed by atoms with E-state index in [1.807, 2.05) is 0 Å². The molecule has 0 saturated heterocycles. The third kappa shape index (κ3) is 4.32. The SMILES string of the molecule is NCCOc1ccc(-c2cc(C(F)(F)F)n[nH]2)c(O)c1-c1cncc(C(F)(F)F)c1. The van der Waals surface area contributed by atoms with Crippen molar-refractivity contribution < 1.29 is 36.2 Å². The predicted molar refractivity (Wildman–Crippen MR) is 93.5 cm³/mol. The molecule has 0 aliphatic carbocycles. The lowest BCUT2D eigenvalue weighted by Crippen LogP contribution is -2.11. The fourth-order valence-corrected chi connectivity index (χ4v) is 2.69. The molecule has 30 heavy (non-hydrogen) atoms. The molecule has 3 aromatic rings. The Hall–Kier alpha value is -3.28. The topological polar surface area (TPSA) is 97.0 Å². The van der Waals surface area contributed by atoms with Gasteiger partial charge in [0.15, 0.2) is 5.69 Å². The molecule has 1 aromatic carbocycles. The number of aromatic hydroxyl groups is 1. The maximum absolute atomic E-state index is 13.1. The standard InChI is InChI=1S/C18H14F6N4O2/c19-17(20,21)10-5-9(7-26-8-10)15-13(30-4-3-25)2-1-11(16(15)29)12-6-14(28-27-12)18(22,23)24/h1-2,5-8,29H,3-4,25H2,(H,27,28). The molecule has 0 atom stereocenters. The van der Waals surface area contributed by atoms with Gasteiger partial charge < -0.3 is 15.6 Å². The van der Waals surface area contributed by atoms with Crippen LogP contribution in [0.4, 0.5) is 26.3 Å². The molecular formula is C18H14F6N4O2. The number of aromatic nitrogens is 3. The van der Waals surface area contributed by atoms with Gasteiger partial charge in [0.25, 0.3) is 0 Å². The van der Waals surface area contributed by atoms with Gasteiger partial charge >= 0.3 is 12.4 Å². The number of nitrogens with two attached hydrogens (primary N) is 1. The quantitative estimate of drug-likeness (QED) is 0.525. The summed E-state index contributed by atoms with van der Waals surface area (Å²) in [7, 11) is 0. The minimum atomic E-state index is -4.72. The minimum Gasteiger partial charge on any atom is -0.506 e. The molecule has 0 fully saturated rings. The van der Waals surface area contributed by atoms with Crippen LogP contribution in [0.25, 0.3) is 22.4 Å². The Labute approximate surface area is 165 Å². The number of ether oxygens (including phenoxy) is 1. The number of nitrogens with zero attached hydrogens (tertiary/aromatic N) is 2. The Morgan fingerprint density at radius 2 is 1.77 bits per heavy atom. The number of hydrogen-bond donors (Lipinski definition) is 3. The number of halogens is 6. The van der Waals surface area contributed by atoms with Crippen molar-refractivity contribution in [3.63, 3.8) is 0 Å². The Morgan fingerprint density at radius 1 is 1.03 bits per heavy atom. The van der Waals surface area contributed by atoms with E-state index in [4.69, 9.17) is 10.5 Å². The van der Waals surface area contributed by atoms with Crippen LogP contribution in [-0.4, -0.2) is 33.4 Å². The zero-order valence-electron chi connectivity index (χ0n) is 15.0. The molecule has 0 bridgehead atoms. The van der Waals surface area contributed by atoms with E-state index < -0.39 is 29.4 Å². The molecule has 2 heterocycles. The number of phenols is 1. The first-order chi connectivity index (χ1) is 14.0. The van der Waals surface area contributed by atoms with Gasteiger partial charge in [-0.25, -0.2) is 0 Å². The largest absolute Gasteiger partial charge is 0.506 e. The van der Waals surface area contributed by atoms with E-state index >= 15 is 0 Å². The number of hydrogen-bond acceptors (Lipinski definition) is 5. The van der Waals surface area contributed by atoms with Crippen molar-refractivity contribution in [1.82, 2.24) is 15.2 Å². The second-order valence-corrected chi connectivity index (χ2v) is 6.10. The molecule has 0 amide bonds. The van der Waals surface area contributed by atoms with E-state index in [2.05, 4.69) is 15.2 Å². The lowest BCUT2D eigenvalue weighted by molar-refractivity contribution is -0.141. The van der Waals surface area contributed by atoms with Crippen LogP contribution in [0.1, 0.15) is 11.3 Å². The molecule has 0 unspecified atom stereocenters. The van der Waals surface area contributed by atoms with Crippen LogP contribution in [0.3, 0.4) is 0 Å². The Bertz CT molecular complexity index is 1050. The van der Waals surface area contributed by atoms with Crippen molar-refractivity contribution in [1.29, 1.82) is 0 Å². The number of phenolic OH excluding ortho intramolecular Hbond substituents is 1. The highest BCUT2D eigenvalue weighted by Gasteiger charge is 2.35. The first-order valence-electron chi connectivity index (χ1n) is 8.36. The maximum atomic E-state index is 13.1. The summed E-state index contributed by atoms with van der Waals surface area (Å²) in [6.07, 6.45) is -7.74. The van der Waals surface area contributed by atoms with Crippen LogP contribution in [-0.2, 0) is 12.4 Å². The summed E-state index contributed by atoms with van der Waals surface area (Å²) in [5, 5.41) is 16.0. The molecular weight excluding hydrogens is 418 g/mol. The van der Waals surface area contributed by atoms with E-state index in [9.17, 15) is 31.4 Å². The number of alkyl halides is 6. The number of pyridine rings is 1. The average Bonchev–Trinajstić information content (AvgIpc) is 3.16. The summed E-state index contributed by atoms with van der Waals surface area (Å²) in [6, 6.07) is 3.96. The lowest BCUT2D eigenvalue weighted by atomic mass is 9.98. The molecule has 3 rings (SSSR count). The van der Waals surface area contributed by atoms with Crippen LogP contribution in [0.5, 0.6) is 11.5 Å². The highest BCUT2D eigenvalue weighted by Crippen LogP contribution is 2.45. The number of benzene rings is 1. The van der Waals surface area contributed by atoms with Crippen molar-refractivity contribution in [3.8, 4) is 33.9 Å². The van der Waals surface area contributed by atoms with Crippen LogP contribution >= 0.6 is 0 Å². The van der Waals surface area contributed by atoms with Gasteiger partial charge in [-0.1, -0.05) is 0 Å². The lowest BCUT2D eigenvalue weighted by Gasteiger charge is -2.16. The van der Waals surface area contributed by atoms with Crippen molar-refractivity contribution in [2.24, 2.45) is 5.73 Å². The minimum absolute atomic E-state index is 0.0134.